The van der Waals surface area contributed by atoms with Crippen molar-refractivity contribution in [1.82, 2.24) is 15.6 Å². The van der Waals surface area contributed by atoms with E-state index in [9.17, 15) is 4.79 Å². The number of pyridine rings is 1. The minimum Gasteiger partial charge on any atom is -0.468 e. The van der Waals surface area contributed by atoms with Crippen molar-refractivity contribution < 1.29 is 9.53 Å². The summed E-state index contributed by atoms with van der Waals surface area (Å²) in [5, 5.41) is 6.87. The van der Waals surface area contributed by atoms with E-state index >= 15 is 0 Å². The smallest absolute Gasteiger partial charge is 0.324 e. The fourth-order valence-electron chi connectivity index (χ4n) is 1.89. The normalized spacial score (nSPS) is 23.7. The molecule has 0 spiro atoms. The van der Waals surface area contributed by atoms with Crippen molar-refractivity contribution in [2.75, 3.05) is 20.2 Å². The Morgan fingerprint density at radius 1 is 1.50 bits per heavy atom. The first kappa shape index (κ1) is 13.7. The van der Waals surface area contributed by atoms with Crippen molar-refractivity contribution in [1.29, 1.82) is 0 Å². The van der Waals surface area contributed by atoms with Crippen LogP contribution in [0.5, 0.6) is 0 Å². The van der Waals surface area contributed by atoms with Crippen LogP contribution in [0.2, 0.25) is 5.15 Å². The fourth-order valence-corrected chi connectivity index (χ4v) is 2.67. The molecule has 2 atom stereocenters. The molecule has 18 heavy (non-hydrogen) atoms. The van der Waals surface area contributed by atoms with Crippen molar-refractivity contribution in [2.24, 2.45) is 0 Å². The van der Waals surface area contributed by atoms with Crippen LogP contribution in [0.3, 0.4) is 0 Å². The van der Waals surface area contributed by atoms with Crippen LogP contribution in [-0.4, -0.2) is 37.2 Å². The first-order valence-electron chi connectivity index (χ1n) is 5.47. The van der Waals surface area contributed by atoms with Gasteiger partial charge in [0.05, 0.1) is 7.11 Å². The summed E-state index contributed by atoms with van der Waals surface area (Å²) >= 11 is 9.22. The second kappa shape index (κ2) is 5.97. The zero-order chi connectivity index (χ0) is 13.1. The standard InChI is InChI=1S/C11H13BrClN3O2/c1-18-11(17)8-5-14-7(4-15-8)6-2-9(12)16-10(13)3-6/h2-3,7-8,14-15H,4-5H2,1H3/t7-,8+/m0/s1. The van der Waals surface area contributed by atoms with E-state index in [4.69, 9.17) is 11.6 Å². The maximum Gasteiger partial charge on any atom is 0.324 e. The second-order valence-corrected chi connectivity index (χ2v) is 5.19. The Kier molecular flexibility index (Phi) is 4.55. The number of aromatic nitrogens is 1. The molecule has 1 aromatic rings. The van der Waals surface area contributed by atoms with E-state index in [-0.39, 0.29) is 18.1 Å². The third-order valence-corrected chi connectivity index (χ3v) is 3.41. The first-order chi connectivity index (χ1) is 8.60. The molecule has 0 amide bonds. The van der Waals surface area contributed by atoms with Crippen molar-refractivity contribution >= 4 is 33.5 Å². The van der Waals surface area contributed by atoms with Crippen LogP contribution in [0, 0.1) is 0 Å². The lowest BCUT2D eigenvalue weighted by Crippen LogP contribution is -2.54. The highest BCUT2D eigenvalue weighted by Gasteiger charge is 2.26. The quantitative estimate of drug-likeness (QED) is 0.630. The van der Waals surface area contributed by atoms with Gasteiger partial charge in [0.2, 0.25) is 0 Å². The molecule has 7 heteroatoms. The van der Waals surface area contributed by atoms with Crippen LogP contribution >= 0.6 is 27.5 Å². The van der Waals surface area contributed by atoms with Gasteiger partial charge in [-0.2, -0.15) is 0 Å². The van der Waals surface area contributed by atoms with Gasteiger partial charge in [0.25, 0.3) is 0 Å². The predicted molar refractivity (Wildman–Crippen MR) is 71.5 cm³/mol. The van der Waals surface area contributed by atoms with Gasteiger partial charge in [-0.3, -0.25) is 4.79 Å². The summed E-state index contributed by atoms with van der Waals surface area (Å²) in [6.07, 6.45) is 0. The lowest BCUT2D eigenvalue weighted by Gasteiger charge is -2.30. The summed E-state index contributed by atoms with van der Waals surface area (Å²) < 4.78 is 5.39. The molecule has 0 bridgehead atoms. The van der Waals surface area contributed by atoms with Gasteiger partial charge in [-0.05, 0) is 33.6 Å². The minimum atomic E-state index is -0.299. The molecule has 0 aliphatic carbocycles. The Balaban J connectivity index is 2.03. The number of nitrogens with zero attached hydrogens (tertiary/aromatic N) is 1. The second-order valence-electron chi connectivity index (χ2n) is 3.99. The average Bonchev–Trinajstić information content (AvgIpc) is 2.37. The lowest BCUT2D eigenvalue weighted by molar-refractivity contribution is -0.143. The van der Waals surface area contributed by atoms with E-state index in [0.717, 1.165) is 5.56 Å². The predicted octanol–water partition coefficient (Wildman–Crippen LogP) is 1.27. The van der Waals surface area contributed by atoms with Gasteiger partial charge in [0.1, 0.15) is 15.8 Å². The third-order valence-electron chi connectivity index (χ3n) is 2.81. The highest BCUT2D eigenvalue weighted by molar-refractivity contribution is 9.10. The molecule has 0 saturated carbocycles. The number of halogens is 2. The van der Waals surface area contributed by atoms with Gasteiger partial charge in [-0.1, -0.05) is 11.6 Å². The number of rotatable bonds is 2. The molecule has 1 aromatic heterocycles. The largest absolute Gasteiger partial charge is 0.468 e. The Hall–Kier alpha value is -0.690. The van der Waals surface area contributed by atoms with Crippen LogP contribution < -0.4 is 10.6 Å². The Morgan fingerprint density at radius 2 is 2.28 bits per heavy atom. The van der Waals surface area contributed by atoms with Crippen LogP contribution in [-0.2, 0) is 9.53 Å². The monoisotopic (exact) mass is 333 g/mol. The minimum absolute atomic E-state index is 0.0997. The molecule has 2 rings (SSSR count). The van der Waals surface area contributed by atoms with Crippen molar-refractivity contribution in [2.45, 2.75) is 12.1 Å². The Bertz CT molecular complexity index is 430. The molecule has 98 valence electrons. The highest BCUT2D eigenvalue weighted by atomic mass is 79.9. The summed E-state index contributed by atoms with van der Waals surface area (Å²) in [5.41, 5.74) is 1.03. The van der Waals surface area contributed by atoms with Crippen LogP contribution in [0.25, 0.3) is 0 Å². The number of nitrogens with one attached hydrogen (secondary N) is 2. The molecule has 1 fully saturated rings. The molecule has 1 saturated heterocycles. The zero-order valence-corrected chi connectivity index (χ0v) is 12.1. The highest BCUT2D eigenvalue weighted by Crippen LogP contribution is 2.21. The maximum absolute atomic E-state index is 11.4. The summed E-state index contributed by atoms with van der Waals surface area (Å²) in [6.45, 7) is 1.15. The molecule has 1 aliphatic heterocycles. The molecular weight excluding hydrogens is 321 g/mol. The summed E-state index contributed by atoms with van der Waals surface area (Å²) in [6, 6.07) is 3.52. The van der Waals surface area contributed by atoms with Crippen LogP contribution in [0.15, 0.2) is 16.7 Å². The zero-order valence-electron chi connectivity index (χ0n) is 9.74. The van der Waals surface area contributed by atoms with Crippen molar-refractivity contribution in [3.05, 3.63) is 27.5 Å². The molecule has 0 aromatic carbocycles. The topological polar surface area (TPSA) is 63.2 Å². The number of hydrogen-bond acceptors (Lipinski definition) is 5. The van der Waals surface area contributed by atoms with Crippen molar-refractivity contribution in [3.63, 3.8) is 0 Å². The molecule has 1 aliphatic rings. The van der Waals surface area contributed by atoms with Crippen LogP contribution in [0.1, 0.15) is 11.6 Å². The van der Waals surface area contributed by atoms with Gasteiger partial charge in [0.15, 0.2) is 0 Å². The van der Waals surface area contributed by atoms with Gasteiger partial charge >= 0.3 is 5.97 Å². The van der Waals surface area contributed by atoms with E-state index in [1.807, 2.05) is 12.1 Å². The average molecular weight is 335 g/mol. The number of carbonyl (C=O) groups is 1. The van der Waals surface area contributed by atoms with Gasteiger partial charge in [-0.15, -0.1) is 0 Å². The molecular formula is C11H13BrClN3O2. The lowest BCUT2D eigenvalue weighted by atomic mass is 10.1. The number of carbonyl (C=O) groups excluding carboxylic acids is 1. The number of esters is 1. The van der Waals surface area contributed by atoms with Gasteiger partial charge < -0.3 is 15.4 Å². The molecule has 2 heterocycles. The molecule has 0 unspecified atom stereocenters. The van der Waals surface area contributed by atoms with Crippen molar-refractivity contribution in [3.8, 4) is 0 Å². The summed E-state index contributed by atoms with van der Waals surface area (Å²) in [7, 11) is 1.38. The Morgan fingerprint density at radius 3 is 2.83 bits per heavy atom. The first-order valence-corrected chi connectivity index (χ1v) is 6.65. The summed E-state index contributed by atoms with van der Waals surface area (Å²) in [5.74, 6) is -0.255. The van der Waals surface area contributed by atoms with Gasteiger partial charge in [0, 0.05) is 19.1 Å². The number of hydrogen-bond donors (Lipinski definition) is 2. The van der Waals surface area contributed by atoms with Crippen LogP contribution in [0.4, 0.5) is 0 Å². The Labute approximate surface area is 118 Å². The van der Waals surface area contributed by atoms with E-state index < -0.39 is 0 Å². The van der Waals surface area contributed by atoms with E-state index in [1.165, 1.54) is 7.11 Å². The summed E-state index contributed by atoms with van der Waals surface area (Å²) in [4.78, 5) is 15.4. The van der Waals surface area contributed by atoms with Gasteiger partial charge in [-0.25, -0.2) is 4.98 Å². The fraction of sp³-hybridized carbons (Fsp3) is 0.455. The molecule has 2 N–H and O–H groups in total. The van der Waals surface area contributed by atoms with E-state index in [2.05, 4.69) is 36.3 Å². The maximum atomic E-state index is 11.4. The molecule has 0 radical (unpaired) electrons. The number of ether oxygens (including phenoxy) is 1. The third kappa shape index (κ3) is 3.20. The van der Waals surface area contributed by atoms with E-state index in [1.54, 1.807) is 0 Å². The number of methoxy groups -OCH3 is 1. The molecule has 5 nitrogen and oxygen atoms in total. The SMILES string of the molecule is COC(=O)[C@H]1CN[C@H](c2cc(Cl)nc(Br)c2)CN1. The van der Waals surface area contributed by atoms with E-state index in [0.29, 0.717) is 22.8 Å². The number of piperazine rings is 1.